The van der Waals surface area contributed by atoms with Crippen LogP contribution in [0, 0.1) is 6.92 Å². The van der Waals surface area contributed by atoms with E-state index in [1.807, 2.05) is 44.2 Å². The molecule has 0 radical (unpaired) electrons. The summed E-state index contributed by atoms with van der Waals surface area (Å²) in [6, 6.07) is 13.0. The minimum absolute atomic E-state index is 0.125. The van der Waals surface area contributed by atoms with Gasteiger partial charge < -0.3 is 10.1 Å². The number of piperidine rings is 1. The zero-order valence-corrected chi connectivity index (χ0v) is 18.9. The van der Waals surface area contributed by atoms with E-state index < -0.39 is 0 Å². The molecule has 1 fully saturated rings. The van der Waals surface area contributed by atoms with Crippen LogP contribution < -0.4 is 15.6 Å². The Labute approximate surface area is 188 Å². The third-order valence-corrected chi connectivity index (χ3v) is 6.07. The van der Waals surface area contributed by atoms with Gasteiger partial charge in [0, 0.05) is 24.8 Å². The van der Waals surface area contributed by atoms with Crippen molar-refractivity contribution in [1.29, 1.82) is 0 Å². The zero-order chi connectivity index (χ0) is 22.5. The summed E-state index contributed by atoms with van der Waals surface area (Å²) in [5, 5.41) is 4.28. The maximum absolute atomic E-state index is 13.4. The van der Waals surface area contributed by atoms with Gasteiger partial charge in [-0.2, -0.15) is 0 Å². The highest BCUT2D eigenvalue weighted by Crippen LogP contribution is 2.21. The number of ether oxygens (including phenoxy) is 1. The van der Waals surface area contributed by atoms with E-state index in [-0.39, 0.29) is 11.5 Å². The van der Waals surface area contributed by atoms with E-state index in [1.54, 1.807) is 22.9 Å². The fourth-order valence-electron chi connectivity index (χ4n) is 4.25. The second kappa shape index (κ2) is 10.0. The Balaban J connectivity index is 1.60. The smallest absolute Gasteiger partial charge is 0.263 e. The van der Waals surface area contributed by atoms with E-state index in [2.05, 4.69) is 10.2 Å². The molecule has 3 aromatic rings. The molecule has 32 heavy (non-hydrogen) atoms. The van der Waals surface area contributed by atoms with Crippen LogP contribution in [0.5, 0.6) is 5.75 Å². The molecule has 2 aromatic carbocycles. The molecule has 2 heterocycles. The number of rotatable bonds is 7. The number of aromatic nitrogens is 1. The lowest BCUT2D eigenvalue weighted by Gasteiger charge is -2.26. The van der Waals surface area contributed by atoms with Gasteiger partial charge in [-0.1, -0.05) is 18.6 Å². The third kappa shape index (κ3) is 4.86. The van der Waals surface area contributed by atoms with E-state index in [0.717, 1.165) is 30.6 Å². The van der Waals surface area contributed by atoms with Gasteiger partial charge in [0.2, 0.25) is 0 Å². The number of hydrogen-bond donors (Lipinski definition) is 1. The highest BCUT2D eigenvalue weighted by molar-refractivity contribution is 5.95. The van der Waals surface area contributed by atoms with Crippen LogP contribution in [0.25, 0.3) is 16.5 Å². The number of fused-ring (bicyclic) bond motifs is 1. The van der Waals surface area contributed by atoms with Gasteiger partial charge in [0.1, 0.15) is 12.4 Å². The first-order chi connectivity index (χ1) is 15.6. The summed E-state index contributed by atoms with van der Waals surface area (Å²) in [4.78, 5) is 28.1. The van der Waals surface area contributed by atoms with Gasteiger partial charge in [0.05, 0.1) is 11.1 Å². The van der Waals surface area contributed by atoms with Crippen LogP contribution in [0.4, 0.5) is 0 Å². The van der Waals surface area contributed by atoms with Crippen molar-refractivity contribution in [3.63, 3.8) is 0 Å². The number of pyridine rings is 1. The van der Waals surface area contributed by atoms with Crippen molar-refractivity contribution < 1.29 is 9.53 Å². The highest BCUT2D eigenvalue weighted by Gasteiger charge is 2.13. The summed E-state index contributed by atoms with van der Waals surface area (Å²) in [6.07, 6.45) is 5.61. The van der Waals surface area contributed by atoms with Crippen LogP contribution in [0.2, 0.25) is 0 Å². The Bertz CT molecular complexity index is 1160. The first kappa shape index (κ1) is 22.1. The maximum atomic E-state index is 13.4. The Morgan fingerprint density at radius 1 is 1.06 bits per heavy atom. The number of hydrogen-bond acceptors (Lipinski definition) is 4. The van der Waals surface area contributed by atoms with Gasteiger partial charge in [-0.3, -0.25) is 19.1 Å². The highest BCUT2D eigenvalue weighted by atomic mass is 16.5. The molecule has 1 aromatic heterocycles. The molecule has 1 N–H and O–H groups in total. The largest absolute Gasteiger partial charge is 0.492 e. The van der Waals surface area contributed by atoms with Gasteiger partial charge in [-0.25, -0.2) is 0 Å². The van der Waals surface area contributed by atoms with Crippen LogP contribution in [-0.2, 0) is 0 Å². The Morgan fingerprint density at radius 3 is 2.66 bits per heavy atom. The fourth-order valence-corrected chi connectivity index (χ4v) is 4.25. The van der Waals surface area contributed by atoms with E-state index in [9.17, 15) is 9.59 Å². The molecule has 0 unspecified atom stereocenters. The molecule has 1 aliphatic rings. The van der Waals surface area contributed by atoms with Gasteiger partial charge >= 0.3 is 0 Å². The van der Waals surface area contributed by atoms with E-state index in [0.29, 0.717) is 35.5 Å². The molecule has 0 atom stereocenters. The van der Waals surface area contributed by atoms with Crippen molar-refractivity contribution >= 4 is 16.7 Å². The van der Waals surface area contributed by atoms with Crippen molar-refractivity contribution in [3.8, 4) is 11.4 Å². The summed E-state index contributed by atoms with van der Waals surface area (Å²) in [6.45, 7) is 8.17. The zero-order valence-electron chi connectivity index (χ0n) is 18.9. The summed E-state index contributed by atoms with van der Waals surface area (Å²) >= 11 is 0. The molecule has 1 saturated heterocycles. The van der Waals surface area contributed by atoms with Crippen LogP contribution in [0.15, 0.2) is 53.5 Å². The molecule has 4 rings (SSSR count). The Morgan fingerprint density at radius 2 is 1.88 bits per heavy atom. The van der Waals surface area contributed by atoms with Crippen LogP contribution in [0.1, 0.15) is 42.1 Å². The number of carbonyl (C=O) groups is 1. The number of aryl methyl sites for hydroxylation is 1. The lowest BCUT2D eigenvalue weighted by atomic mass is 10.1. The van der Waals surface area contributed by atoms with Gasteiger partial charge in [0.25, 0.3) is 11.5 Å². The molecule has 6 nitrogen and oxygen atoms in total. The fraction of sp³-hybridized carbons (Fsp3) is 0.385. The molecule has 1 aliphatic heterocycles. The van der Waals surface area contributed by atoms with Gasteiger partial charge in [-0.05, 0) is 81.1 Å². The lowest BCUT2D eigenvalue weighted by Crippen LogP contribution is -2.33. The molecule has 0 aliphatic carbocycles. The first-order valence-electron chi connectivity index (χ1n) is 11.5. The normalized spacial score (nSPS) is 14.4. The third-order valence-electron chi connectivity index (χ3n) is 6.07. The molecule has 0 bridgehead atoms. The van der Waals surface area contributed by atoms with E-state index in [1.165, 1.54) is 19.3 Å². The van der Waals surface area contributed by atoms with Crippen LogP contribution in [0.3, 0.4) is 0 Å². The quantitative estimate of drug-likeness (QED) is 0.614. The lowest BCUT2D eigenvalue weighted by molar-refractivity contribution is 0.0956. The SMILES string of the molecule is CCNC(=O)c1ccc(C)c(-n2ccc3ccc(OCCN4CCCCC4)cc3c2=O)c1. The average molecular weight is 434 g/mol. The molecular formula is C26H31N3O3. The van der Waals surface area contributed by atoms with Crippen molar-refractivity contribution in [3.05, 3.63) is 70.1 Å². The predicted molar refractivity (Wildman–Crippen MR) is 128 cm³/mol. The van der Waals surface area contributed by atoms with Crippen LogP contribution >= 0.6 is 0 Å². The number of nitrogens with one attached hydrogen (secondary N) is 1. The monoisotopic (exact) mass is 433 g/mol. The molecule has 1 amide bonds. The second-order valence-corrected chi connectivity index (χ2v) is 8.35. The van der Waals surface area contributed by atoms with Crippen molar-refractivity contribution in [2.75, 3.05) is 32.8 Å². The summed E-state index contributed by atoms with van der Waals surface area (Å²) in [5.74, 6) is 0.559. The Kier molecular flexibility index (Phi) is 6.90. The van der Waals surface area contributed by atoms with Gasteiger partial charge in [0.15, 0.2) is 0 Å². The minimum atomic E-state index is -0.146. The standard InChI is InChI=1S/C26H31N3O3/c1-3-27-25(30)21-8-7-19(2)24(17-21)29-14-11-20-9-10-22(18-23(20)26(29)31)32-16-15-28-12-5-4-6-13-28/h7-11,14,17-18H,3-6,12-13,15-16H2,1-2H3,(H,27,30). The summed E-state index contributed by atoms with van der Waals surface area (Å²) < 4.78 is 7.58. The van der Waals surface area contributed by atoms with Gasteiger partial charge in [-0.15, -0.1) is 0 Å². The number of likely N-dealkylation sites (tertiary alicyclic amines) is 1. The molecule has 6 heteroatoms. The topological polar surface area (TPSA) is 63.6 Å². The van der Waals surface area contributed by atoms with Crippen molar-refractivity contribution in [2.24, 2.45) is 0 Å². The summed E-state index contributed by atoms with van der Waals surface area (Å²) in [7, 11) is 0. The number of amides is 1. The molecular weight excluding hydrogens is 402 g/mol. The number of carbonyl (C=O) groups excluding carboxylic acids is 1. The number of nitrogens with zero attached hydrogens (tertiary/aromatic N) is 2. The summed E-state index contributed by atoms with van der Waals surface area (Å²) in [5.41, 5.74) is 2.04. The molecule has 168 valence electrons. The second-order valence-electron chi connectivity index (χ2n) is 8.35. The van der Waals surface area contributed by atoms with E-state index in [4.69, 9.17) is 4.74 Å². The Hall–Kier alpha value is -3.12. The average Bonchev–Trinajstić information content (AvgIpc) is 2.81. The molecule has 0 spiro atoms. The first-order valence-corrected chi connectivity index (χ1v) is 11.5. The van der Waals surface area contributed by atoms with E-state index >= 15 is 0 Å². The van der Waals surface area contributed by atoms with Crippen LogP contribution in [-0.4, -0.2) is 48.2 Å². The minimum Gasteiger partial charge on any atom is -0.492 e. The van der Waals surface area contributed by atoms with Crippen molar-refractivity contribution in [2.45, 2.75) is 33.1 Å². The number of benzene rings is 2. The van der Waals surface area contributed by atoms with Crippen molar-refractivity contribution in [1.82, 2.24) is 14.8 Å². The maximum Gasteiger partial charge on any atom is 0.263 e. The predicted octanol–water partition coefficient (Wildman–Crippen LogP) is 3.91. The molecule has 0 saturated carbocycles.